The van der Waals surface area contributed by atoms with Crippen LogP contribution in [0.15, 0.2) is 46.4 Å². The predicted octanol–water partition coefficient (Wildman–Crippen LogP) is 4.44. The van der Waals surface area contributed by atoms with E-state index in [0.717, 1.165) is 11.1 Å². The molecule has 0 saturated heterocycles. The number of hydrogen-bond donors (Lipinski definition) is 1. The molecule has 100 valence electrons. The molecule has 3 nitrogen and oxygen atoms in total. The molecule has 6 heteroatoms. The van der Waals surface area contributed by atoms with E-state index in [-0.39, 0.29) is 0 Å². The molecular formula is C14H8Cl3N3. The van der Waals surface area contributed by atoms with Crippen LogP contribution in [0.5, 0.6) is 0 Å². The Bertz CT molecular complexity index is 766. The van der Waals surface area contributed by atoms with Crippen LogP contribution in [0.1, 0.15) is 11.1 Å². The van der Waals surface area contributed by atoms with Crippen LogP contribution in [0.3, 0.4) is 0 Å². The highest BCUT2D eigenvalue weighted by molar-refractivity contribution is 6.44. The van der Waals surface area contributed by atoms with Gasteiger partial charge in [0.2, 0.25) is 0 Å². The lowest BCUT2D eigenvalue weighted by Gasteiger charge is -2.03. The van der Waals surface area contributed by atoms with Crippen LogP contribution in [-0.4, -0.2) is 11.7 Å². The van der Waals surface area contributed by atoms with Crippen molar-refractivity contribution in [3.05, 3.63) is 62.6 Å². The summed E-state index contributed by atoms with van der Waals surface area (Å²) in [5.41, 5.74) is 8.11. The Morgan fingerprint density at radius 2 is 1.55 bits per heavy atom. The van der Waals surface area contributed by atoms with Crippen molar-refractivity contribution in [3.8, 4) is 0 Å². The summed E-state index contributed by atoms with van der Waals surface area (Å²) in [6.07, 6.45) is 0. The zero-order valence-corrected chi connectivity index (χ0v) is 12.3. The van der Waals surface area contributed by atoms with Crippen molar-refractivity contribution >= 4 is 52.2 Å². The second-order valence-corrected chi connectivity index (χ2v) is 5.42. The van der Waals surface area contributed by atoms with Gasteiger partial charge in [-0.25, -0.2) is 9.98 Å². The molecule has 2 aromatic rings. The van der Waals surface area contributed by atoms with E-state index in [9.17, 15) is 0 Å². The molecule has 0 atom stereocenters. The summed E-state index contributed by atoms with van der Waals surface area (Å²) in [4.78, 5) is 8.68. The van der Waals surface area contributed by atoms with Crippen LogP contribution >= 0.6 is 34.8 Å². The van der Waals surface area contributed by atoms with Gasteiger partial charge in [0.05, 0.1) is 20.8 Å². The van der Waals surface area contributed by atoms with Crippen molar-refractivity contribution in [3.63, 3.8) is 0 Å². The first-order chi connectivity index (χ1) is 9.56. The van der Waals surface area contributed by atoms with E-state index in [2.05, 4.69) is 9.98 Å². The molecule has 0 radical (unpaired) electrons. The van der Waals surface area contributed by atoms with Crippen LogP contribution in [0, 0.1) is 0 Å². The fraction of sp³-hybridized carbons (Fsp3) is 0. The molecule has 2 aromatic carbocycles. The molecule has 0 aliphatic carbocycles. The fourth-order valence-electron chi connectivity index (χ4n) is 1.93. The number of amidine groups is 2. The van der Waals surface area contributed by atoms with Crippen LogP contribution in [0.4, 0.5) is 5.69 Å². The smallest absolute Gasteiger partial charge is 0.162 e. The van der Waals surface area contributed by atoms with Gasteiger partial charge >= 0.3 is 0 Å². The molecule has 0 unspecified atom stereocenters. The largest absolute Gasteiger partial charge is 0.383 e. The second kappa shape index (κ2) is 5.09. The van der Waals surface area contributed by atoms with Gasteiger partial charge in [-0.3, -0.25) is 0 Å². The number of nitrogens with two attached hydrogens (primary N) is 1. The van der Waals surface area contributed by atoms with Gasteiger partial charge in [-0.05, 0) is 12.1 Å². The zero-order valence-electron chi connectivity index (χ0n) is 10.1. The molecule has 0 bridgehead atoms. The highest BCUT2D eigenvalue weighted by Gasteiger charge is 2.19. The molecule has 0 spiro atoms. The summed E-state index contributed by atoms with van der Waals surface area (Å²) in [6, 6.07) is 10.8. The number of halogens is 3. The first-order valence-corrected chi connectivity index (χ1v) is 6.87. The third-order valence-electron chi connectivity index (χ3n) is 2.89. The van der Waals surface area contributed by atoms with Crippen LogP contribution in [-0.2, 0) is 0 Å². The summed E-state index contributed by atoms with van der Waals surface area (Å²) in [6.45, 7) is 0. The van der Waals surface area contributed by atoms with E-state index in [1.807, 2.05) is 24.3 Å². The zero-order chi connectivity index (χ0) is 14.3. The first-order valence-electron chi connectivity index (χ1n) is 5.73. The number of benzene rings is 2. The highest BCUT2D eigenvalue weighted by atomic mass is 35.5. The van der Waals surface area contributed by atoms with Gasteiger partial charge in [-0.2, -0.15) is 0 Å². The normalized spacial score (nSPS) is 15.3. The van der Waals surface area contributed by atoms with E-state index in [1.54, 1.807) is 12.1 Å². The fourth-order valence-corrected chi connectivity index (χ4v) is 2.52. The molecule has 3 rings (SSSR count). The van der Waals surface area contributed by atoms with E-state index >= 15 is 0 Å². The van der Waals surface area contributed by atoms with Crippen LogP contribution < -0.4 is 5.73 Å². The molecule has 0 fully saturated rings. The molecule has 1 aliphatic rings. The topological polar surface area (TPSA) is 50.7 Å². The lowest BCUT2D eigenvalue weighted by atomic mass is 10.1. The molecule has 0 amide bonds. The maximum Gasteiger partial charge on any atom is 0.162 e. The van der Waals surface area contributed by atoms with Gasteiger partial charge in [0.1, 0.15) is 5.84 Å². The number of hydrogen-bond acceptors (Lipinski definition) is 2. The number of nitrogens with zero attached hydrogens (tertiary/aromatic N) is 2. The standard InChI is InChI=1S/C14H8Cl3N3/c15-9-5-11(17)12(6-10(9)16)19-14-8-4-2-1-3-7(8)13(18)20-14/h1-6H,(H2,18,19,20). The first kappa shape index (κ1) is 13.4. The SMILES string of the molecule is NC1=NC(=Nc2cc(Cl)c(Cl)cc2Cl)c2ccccc21. The Balaban J connectivity index is 2.13. The third-order valence-corrected chi connectivity index (χ3v) is 3.91. The van der Waals surface area contributed by atoms with Gasteiger partial charge in [-0.15, -0.1) is 0 Å². The van der Waals surface area contributed by atoms with Crippen LogP contribution in [0.2, 0.25) is 15.1 Å². The van der Waals surface area contributed by atoms with Crippen molar-refractivity contribution in [1.82, 2.24) is 0 Å². The third kappa shape index (κ3) is 2.29. The minimum absolute atomic E-state index is 0.385. The van der Waals surface area contributed by atoms with E-state index in [1.165, 1.54) is 0 Å². The lowest BCUT2D eigenvalue weighted by Crippen LogP contribution is -2.09. The van der Waals surface area contributed by atoms with Gasteiger partial charge < -0.3 is 5.73 Å². The van der Waals surface area contributed by atoms with Gasteiger partial charge in [0, 0.05) is 11.1 Å². The van der Waals surface area contributed by atoms with Crippen molar-refractivity contribution in [2.75, 3.05) is 0 Å². The summed E-state index contributed by atoms with van der Waals surface area (Å²) in [5.74, 6) is 0.953. The highest BCUT2D eigenvalue weighted by Crippen LogP contribution is 2.35. The molecule has 20 heavy (non-hydrogen) atoms. The number of aliphatic imine (C=N–C) groups is 2. The average Bonchev–Trinajstić information content (AvgIpc) is 2.74. The van der Waals surface area contributed by atoms with Gasteiger partial charge in [0.15, 0.2) is 5.84 Å². The van der Waals surface area contributed by atoms with Crippen molar-refractivity contribution in [2.45, 2.75) is 0 Å². The maximum atomic E-state index is 6.11. The Labute approximate surface area is 130 Å². The van der Waals surface area contributed by atoms with E-state index in [0.29, 0.717) is 32.4 Å². The molecule has 0 saturated carbocycles. The van der Waals surface area contributed by atoms with Gasteiger partial charge in [0.25, 0.3) is 0 Å². The van der Waals surface area contributed by atoms with Crippen molar-refractivity contribution in [2.24, 2.45) is 15.7 Å². The second-order valence-electron chi connectivity index (χ2n) is 4.20. The summed E-state index contributed by atoms with van der Waals surface area (Å²) in [5, 5.41) is 1.18. The molecule has 2 N–H and O–H groups in total. The average molecular weight is 325 g/mol. The van der Waals surface area contributed by atoms with E-state index < -0.39 is 0 Å². The number of rotatable bonds is 1. The lowest BCUT2D eigenvalue weighted by molar-refractivity contribution is 1.47. The minimum Gasteiger partial charge on any atom is -0.383 e. The Kier molecular flexibility index (Phi) is 3.42. The Hall–Kier alpha value is -1.55. The summed E-state index contributed by atoms with van der Waals surface area (Å²) < 4.78 is 0. The molecular weight excluding hydrogens is 317 g/mol. The molecule has 0 aromatic heterocycles. The number of fused-ring (bicyclic) bond motifs is 1. The van der Waals surface area contributed by atoms with E-state index in [4.69, 9.17) is 40.5 Å². The Morgan fingerprint density at radius 3 is 2.30 bits per heavy atom. The minimum atomic E-state index is 0.385. The van der Waals surface area contributed by atoms with Crippen molar-refractivity contribution in [1.29, 1.82) is 0 Å². The van der Waals surface area contributed by atoms with Gasteiger partial charge in [-0.1, -0.05) is 59.1 Å². The quantitative estimate of drug-likeness (QED) is 0.774. The maximum absolute atomic E-state index is 6.11. The summed E-state index contributed by atoms with van der Waals surface area (Å²) in [7, 11) is 0. The monoisotopic (exact) mass is 323 g/mol. The van der Waals surface area contributed by atoms with Crippen molar-refractivity contribution < 1.29 is 0 Å². The Morgan fingerprint density at radius 1 is 0.900 bits per heavy atom. The molecule has 1 heterocycles. The predicted molar refractivity (Wildman–Crippen MR) is 84.8 cm³/mol. The van der Waals surface area contributed by atoms with Crippen LogP contribution in [0.25, 0.3) is 0 Å². The molecule has 1 aliphatic heterocycles. The summed E-state index contributed by atoms with van der Waals surface area (Å²) >= 11 is 18.0.